The molecule has 2 N–H and O–H groups in total. The van der Waals surface area contributed by atoms with Crippen LogP contribution in [0.25, 0.3) is 0 Å². The highest BCUT2D eigenvalue weighted by Crippen LogP contribution is 2.11. The summed E-state index contributed by atoms with van der Waals surface area (Å²) >= 11 is 0. The quantitative estimate of drug-likeness (QED) is 0.778. The lowest BCUT2D eigenvalue weighted by Gasteiger charge is -2.26. The van der Waals surface area contributed by atoms with E-state index in [-0.39, 0.29) is 11.7 Å². The molecule has 1 amide bonds. The Kier molecular flexibility index (Phi) is 7.05. The summed E-state index contributed by atoms with van der Waals surface area (Å²) < 4.78 is 5.13. The van der Waals surface area contributed by atoms with Gasteiger partial charge in [-0.1, -0.05) is 27.2 Å². The van der Waals surface area contributed by atoms with Gasteiger partial charge in [-0.15, -0.1) is 0 Å². The second kappa shape index (κ2) is 7.48. The van der Waals surface area contributed by atoms with E-state index in [4.69, 9.17) is 4.74 Å². The van der Waals surface area contributed by atoms with E-state index in [1.54, 1.807) is 34.6 Å². The summed E-state index contributed by atoms with van der Waals surface area (Å²) in [4.78, 5) is 23.5. The summed E-state index contributed by atoms with van der Waals surface area (Å²) in [5.74, 6) is -0.538. The van der Waals surface area contributed by atoms with E-state index in [1.807, 2.05) is 6.92 Å². The van der Waals surface area contributed by atoms with E-state index in [0.717, 1.165) is 6.42 Å². The van der Waals surface area contributed by atoms with Crippen molar-refractivity contribution in [2.45, 2.75) is 72.1 Å². The molecule has 0 bridgehead atoms. The largest absolute Gasteiger partial charge is 0.444 e. The number of aliphatic hydroxyl groups excluding tert-OH is 1. The summed E-state index contributed by atoms with van der Waals surface area (Å²) in [5, 5.41) is 12.6. The molecular formula is C14H27NO4. The molecule has 0 rings (SSSR count). The Morgan fingerprint density at radius 2 is 1.79 bits per heavy atom. The van der Waals surface area contributed by atoms with Gasteiger partial charge in [-0.25, -0.2) is 4.79 Å². The Balaban J connectivity index is 4.65. The number of nitrogens with one attached hydrogen (secondary N) is 1. The van der Waals surface area contributed by atoms with Crippen LogP contribution in [-0.4, -0.2) is 34.7 Å². The minimum atomic E-state index is -1.19. The summed E-state index contributed by atoms with van der Waals surface area (Å²) in [5.41, 5.74) is -0.603. The first-order chi connectivity index (χ1) is 8.58. The normalized spacial score (nSPS) is 14.9. The van der Waals surface area contributed by atoms with Crippen LogP contribution in [0.1, 0.15) is 54.4 Å². The van der Waals surface area contributed by atoms with Gasteiger partial charge in [-0.2, -0.15) is 0 Å². The van der Waals surface area contributed by atoms with Gasteiger partial charge in [0.25, 0.3) is 0 Å². The fraction of sp³-hybridized carbons (Fsp3) is 0.857. The fourth-order valence-electron chi connectivity index (χ4n) is 1.62. The topological polar surface area (TPSA) is 75.6 Å². The van der Waals surface area contributed by atoms with Crippen LogP contribution in [-0.2, 0) is 9.53 Å². The molecule has 0 aromatic heterocycles. The van der Waals surface area contributed by atoms with Crippen LogP contribution < -0.4 is 5.32 Å². The first-order valence-corrected chi connectivity index (χ1v) is 6.79. The number of amides is 1. The third-order valence-corrected chi connectivity index (χ3v) is 2.54. The molecular weight excluding hydrogens is 246 g/mol. The zero-order valence-corrected chi connectivity index (χ0v) is 12.8. The van der Waals surface area contributed by atoms with Crippen LogP contribution in [0.5, 0.6) is 0 Å². The Morgan fingerprint density at radius 3 is 2.16 bits per heavy atom. The number of alkyl carbamates (subject to hydrolysis) is 1. The molecule has 0 aliphatic heterocycles. The van der Waals surface area contributed by atoms with Gasteiger partial charge in [0.05, 0.1) is 6.04 Å². The third kappa shape index (κ3) is 7.15. The number of rotatable bonds is 6. The number of aliphatic hydroxyl groups is 1. The van der Waals surface area contributed by atoms with Crippen LogP contribution in [0, 0.1) is 5.92 Å². The highest BCUT2D eigenvalue weighted by atomic mass is 16.6. The van der Waals surface area contributed by atoms with E-state index in [2.05, 4.69) is 5.32 Å². The molecule has 112 valence electrons. The van der Waals surface area contributed by atoms with Crippen LogP contribution in [0.3, 0.4) is 0 Å². The number of carbonyl (C=O) groups is 2. The molecule has 0 saturated carbocycles. The van der Waals surface area contributed by atoms with Crippen LogP contribution in [0.15, 0.2) is 0 Å². The lowest BCUT2D eigenvalue weighted by Crippen LogP contribution is -2.49. The summed E-state index contributed by atoms with van der Waals surface area (Å²) in [6.45, 7) is 10.7. The highest BCUT2D eigenvalue weighted by molar-refractivity contribution is 5.85. The standard InChI is InChI=1S/C14H27NO4/c1-7-8-10(12(17)11(16)9(2)3)15-13(18)19-14(4,5)6/h9-10,12,17H,7-8H2,1-6H3,(H,15,18)/t10-,12?/m0/s1. The van der Waals surface area contributed by atoms with E-state index >= 15 is 0 Å². The average molecular weight is 273 g/mol. The molecule has 0 radical (unpaired) electrons. The van der Waals surface area contributed by atoms with Gasteiger partial charge in [0, 0.05) is 5.92 Å². The first kappa shape index (κ1) is 17.9. The van der Waals surface area contributed by atoms with Gasteiger partial charge in [-0.3, -0.25) is 4.79 Å². The maximum Gasteiger partial charge on any atom is 0.407 e. The Hall–Kier alpha value is -1.10. The van der Waals surface area contributed by atoms with Crippen molar-refractivity contribution in [2.75, 3.05) is 0 Å². The molecule has 1 unspecified atom stereocenters. The van der Waals surface area contributed by atoms with E-state index in [9.17, 15) is 14.7 Å². The summed E-state index contributed by atoms with van der Waals surface area (Å²) in [7, 11) is 0. The molecule has 5 heteroatoms. The van der Waals surface area contributed by atoms with Gasteiger partial charge >= 0.3 is 6.09 Å². The van der Waals surface area contributed by atoms with Gasteiger partial charge in [0.2, 0.25) is 0 Å². The van der Waals surface area contributed by atoms with Crippen molar-refractivity contribution in [1.29, 1.82) is 0 Å². The predicted molar refractivity (Wildman–Crippen MR) is 73.9 cm³/mol. The molecule has 0 aromatic rings. The van der Waals surface area contributed by atoms with Crippen molar-refractivity contribution in [3.05, 3.63) is 0 Å². The number of Topliss-reactive ketones (excluding diaryl/α,β-unsaturated/α-hetero) is 1. The Morgan fingerprint density at radius 1 is 1.26 bits per heavy atom. The van der Waals surface area contributed by atoms with Crippen molar-refractivity contribution in [3.8, 4) is 0 Å². The lowest BCUT2D eigenvalue weighted by molar-refractivity contribution is -0.131. The van der Waals surface area contributed by atoms with Crippen LogP contribution in [0.2, 0.25) is 0 Å². The van der Waals surface area contributed by atoms with Crippen LogP contribution in [0.4, 0.5) is 4.79 Å². The molecule has 2 atom stereocenters. The van der Waals surface area contributed by atoms with Crippen molar-refractivity contribution in [3.63, 3.8) is 0 Å². The van der Waals surface area contributed by atoms with Crippen molar-refractivity contribution in [2.24, 2.45) is 5.92 Å². The number of hydrogen-bond donors (Lipinski definition) is 2. The van der Waals surface area contributed by atoms with Gasteiger partial charge < -0.3 is 15.2 Å². The van der Waals surface area contributed by atoms with Crippen molar-refractivity contribution < 1.29 is 19.4 Å². The fourth-order valence-corrected chi connectivity index (χ4v) is 1.62. The minimum Gasteiger partial charge on any atom is -0.444 e. The maximum atomic E-state index is 11.8. The third-order valence-electron chi connectivity index (χ3n) is 2.54. The Bertz CT molecular complexity index is 307. The number of carbonyl (C=O) groups excluding carboxylic acids is 2. The molecule has 0 aliphatic rings. The zero-order chi connectivity index (χ0) is 15.2. The van der Waals surface area contributed by atoms with Gasteiger partial charge in [0.1, 0.15) is 11.7 Å². The van der Waals surface area contributed by atoms with Crippen molar-refractivity contribution >= 4 is 11.9 Å². The molecule has 0 aromatic carbocycles. The smallest absolute Gasteiger partial charge is 0.407 e. The van der Waals surface area contributed by atoms with E-state index < -0.39 is 23.8 Å². The van der Waals surface area contributed by atoms with E-state index in [1.165, 1.54) is 0 Å². The molecule has 0 fully saturated rings. The lowest BCUT2D eigenvalue weighted by atomic mass is 9.96. The maximum absolute atomic E-state index is 11.8. The van der Waals surface area contributed by atoms with Crippen LogP contribution >= 0.6 is 0 Å². The molecule has 0 spiro atoms. The molecule has 19 heavy (non-hydrogen) atoms. The van der Waals surface area contributed by atoms with E-state index in [0.29, 0.717) is 6.42 Å². The predicted octanol–water partition coefficient (Wildman–Crippen LogP) is 2.27. The summed E-state index contributed by atoms with van der Waals surface area (Å²) in [6, 6.07) is -0.602. The minimum absolute atomic E-state index is 0.269. The molecule has 0 aliphatic carbocycles. The zero-order valence-electron chi connectivity index (χ0n) is 12.8. The number of ether oxygens (including phenoxy) is 1. The molecule has 0 heterocycles. The number of ketones is 1. The SMILES string of the molecule is CCC[C@H](NC(=O)OC(C)(C)C)C(O)C(=O)C(C)C. The Labute approximate surface area is 115 Å². The first-order valence-electron chi connectivity index (χ1n) is 6.79. The molecule has 0 saturated heterocycles. The monoisotopic (exact) mass is 273 g/mol. The molecule has 5 nitrogen and oxygen atoms in total. The van der Waals surface area contributed by atoms with Crippen molar-refractivity contribution in [1.82, 2.24) is 5.32 Å². The second-order valence-electron chi connectivity index (χ2n) is 6.04. The van der Waals surface area contributed by atoms with Gasteiger partial charge in [-0.05, 0) is 27.2 Å². The second-order valence-corrected chi connectivity index (χ2v) is 6.04. The van der Waals surface area contributed by atoms with Gasteiger partial charge in [0.15, 0.2) is 5.78 Å². The highest BCUT2D eigenvalue weighted by Gasteiger charge is 2.29. The summed E-state index contributed by atoms with van der Waals surface area (Å²) in [6.07, 6.45) is -0.518. The average Bonchev–Trinajstić information content (AvgIpc) is 2.23. The number of hydrogen-bond acceptors (Lipinski definition) is 4.